The van der Waals surface area contributed by atoms with Crippen LogP contribution in [0.3, 0.4) is 0 Å². The molecule has 0 spiro atoms. The van der Waals surface area contributed by atoms with E-state index in [1.54, 1.807) is 16.4 Å². The smallest absolute Gasteiger partial charge is 0.258 e. The van der Waals surface area contributed by atoms with Crippen molar-refractivity contribution in [2.24, 2.45) is 0 Å². The van der Waals surface area contributed by atoms with Gasteiger partial charge in [0, 0.05) is 17.6 Å². The maximum Gasteiger partial charge on any atom is 0.258 e. The van der Waals surface area contributed by atoms with Gasteiger partial charge in [-0.3, -0.25) is 4.79 Å². The lowest BCUT2D eigenvalue weighted by Crippen LogP contribution is -2.32. The number of carbonyl (C=O) groups is 1. The maximum absolute atomic E-state index is 12.8. The van der Waals surface area contributed by atoms with Crippen LogP contribution in [-0.2, 0) is 14.8 Å². The van der Waals surface area contributed by atoms with Crippen LogP contribution in [0.1, 0.15) is 44.2 Å². The second-order valence-corrected chi connectivity index (χ2v) is 10.3. The van der Waals surface area contributed by atoms with Gasteiger partial charge in [0.1, 0.15) is 5.75 Å². The van der Waals surface area contributed by atoms with Gasteiger partial charge in [-0.25, -0.2) is 8.42 Å². The van der Waals surface area contributed by atoms with Gasteiger partial charge >= 0.3 is 0 Å². The zero-order valence-corrected chi connectivity index (χ0v) is 19.4. The lowest BCUT2D eigenvalue weighted by Gasteiger charge is -2.20. The monoisotopic (exact) mass is 494 g/mol. The first-order chi connectivity index (χ1) is 14.4. The number of nitrogens with zero attached hydrogens (tertiary/aromatic N) is 1. The highest BCUT2D eigenvalue weighted by Crippen LogP contribution is 2.23. The van der Waals surface area contributed by atoms with Crippen LogP contribution in [0.2, 0.25) is 0 Å². The Morgan fingerprint density at radius 3 is 2.40 bits per heavy atom. The van der Waals surface area contributed by atoms with Crippen LogP contribution in [0.4, 0.5) is 0 Å². The molecule has 1 fully saturated rings. The third-order valence-electron chi connectivity index (χ3n) is 5.12. The zero-order valence-electron chi connectivity index (χ0n) is 17.0. The molecular formula is C22H27BrN2O4S. The summed E-state index contributed by atoms with van der Waals surface area (Å²) in [6, 6.07) is 13.9. The van der Waals surface area contributed by atoms with Crippen molar-refractivity contribution in [3.63, 3.8) is 0 Å². The van der Waals surface area contributed by atoms with Crippen molar-refractivity contribution in [2.45, 2.75) is 43.5 Å². The van der Waals surface area contributed by atoms with Crippen LogP contribution < -0.4 is 10.1 Å². The number of rotatable bonds is 7. The quantitative estimate of drug-likeness (QED) is 0.623. The predicted octanol–water partition coefficient (Wildman–Crippen LogP) is 4.27. The van der Waals surface area contributed by atoms with Crippen LogP contribution in [0, 0.1) is 0 Å². The molecule has 0 aliphatic carbocycles. The number of benzene rings is 2. The van der Waals surface area contributed by atoms with Crippen LogP contribution >= 0.6 is 15.9 Å². The topological polar surface area (TPSA) is 75.7 Å². The number of halogens is 1. The Bertz CT molecular complexity index is 955. The summed E-state index contributed by atoms with van der Waals surface area (Å²) in [5.74, 6) is 0.207. The minimum Gasteiger partial charge on any atom is -0.484 e. The average molecular weight is 495 g/mol. The lowest BCUT2D eigenvalue weighted by molar-refractivity contribution is -0.123. The number of carbonyl (C=O) groups excluding carboxylic acids is 1. The summed E-state index contributed by atoms with van der Waals surface area (Å²) in [4.78, 5) is 12.5. The minimum absolute atomic E-state index is 0.142. The van der Waals surface area contributed by atoms with E-state index in [-0.39, 0.29) is 23.5 Å². The van der Waals surface area contributed by atoms with Gasteiger partial charge < -0.3 is 10.1 Å². The molecule has 6 nitrogen and oxygen atoms in total. The molecule has 0 unspecified atom stereocenters. The fraction of sp³-hybridized carbons (Fsp3) is 0.409. The third kappa shape index (κ3) is 6.06. The average Bonchev–Trinajstić information content (AvgIpc) is 3.03. The molecule has 30 heavy (non-hydrogen) atoms. The summed E-state index contributed by atoms with van der Waals surface area (Å²) < 4.78 is 33.7. The number of nitrogens with one attached hydrogen (secondary N) is 1. The molecule has 1 amide bonds. The second kappa shape index (κ2) is 10.4. The van der Waals surface area contributed by atoms with Crippen LogP contribution in [-0.4, -0.2) is 38.3 Å². The summed E-state index contributed by atoms with van der Waals surface area (Å²) in [6.07, 6.45) is 3.93. The number of amides is 1. The van der Waals surface area contributed by atoms with Crippen LogP contribution in [0.15, 0.2) is 57.9 Å². The van der Waals surface area contributed by atoms with Gasteiger partial charge in [-0.05, 0) is 61.7 Å². The van der Waals surface area contributed by atoms with E-state index in [4.69, 9.17) is 4.74 Å². The molecule has 0 saturated carbocycles. The molecule has 2 aromatic rings. The highest BCUT2D eigenvalue weighted by Gasteiger charge is 2.25. The summed E-state index contributed by atoms with van der Waals surface area (Å²) in [5.41, 5.74) is 0.987. The number of hydrogen-bond donors (Lipinski definition) is 1. The Kier molecular flexibility index (Phi) is 7.91. The largest absolute Gasteiger partial charge is 0.484 e. The van der Waals surface area contributed by atoms with Gasteiger partial charge in [0.05, 0.1) is 10.9 Å². The van der Waals surface area contributed by atoms with Gasteiger partial charge in [-0.15, -0.1) is 0 Å². The molecule has 0 bridgehead atoms. The molecular weight excluding hydrogens is 468 g/mol. The molecule has 3 rings (SSSR count). The summed E-state index contributed by atoms with van der Waals surface area (Å²) in [6.45, 7) is 2.90. The van der Waals surface area contributed by atoms with Crippen LogP contribution in [0.5, 0.6) is 5.75 Å². The van der Waals surface area contributed by atoms with Gasteiger partial charge in [0.15, 0.2) is 6.61 Å². The Hall–Kier alpha value is -1.90. The summed E-state index contributed by atoms with van der Waals surface area (Å²) >= 11 is 3.42. The van der Waals surface area contributed by atoms with E-state index < -0.39 is 10.0 Å². The third-order valence-corrected chi connectivity index (χ3v) is 7.53. The number of ether oxygens (including phenoxy) is 1. The first kappa shape index (κ1) is 22.8. The van der Waals surface area contributed by atoms with E-state index in [9.17, 15) is 13.2 Å². The first-order valence-electron chi connectivity index (χ1n) is 10.1. The maximum atomic E-state index is 12.8. The summed E-state index contributed by atoms with van der Waals surface area (Å²) in [7, 11) is -3.49. The zero-order chi connectivity index (χ0) is 21.6. The van der Waals surface area contributed by atoms with E-state index in [1.807, 2.05) is 31.2 Å². The van der Waals surface area contributed by atoms with Gasteiger partial charge in [0.25, 0.3) is 5.91 Å². The van der Waals surface area contributed by atoms with Crippen LogP contribution in [0.25, 0.3) is 0 Å². The normalized spacial score (nSPS) is 16.5. The molecule has 1 aliphatic rings. The molecule has 1 aliphatic heterocycles. The van der Waals surface area contributed by atoms with E-state index in [1.165, 1.54) is 12.1 Å². The predicted molar refractivity (Wildman–Crippen MR) is 120 cm³/mol. The van der Waals surface area contributed by atoms with Gasteiger partial charge in [-0.1, -0.05) is 40.9 Å². The molecule has 1 saturated heterocycles. The van der Waals surface area contributed by atoms with Crippen molar-refractivity contribution in [1.82, 2.24) is 9.62 Å². The highest BCUT2D eigenvalue weighted by molar-refractivity contribution is 9.10. The van der Waals surface area contributed by atoms with Crippen molar-refractivity contribution >= 4 is 31.9 Å². The van der Waals surface area contributed by atoms with Crippen molar-refractivity contribution in [2.75, 3.05) is 19.7 Å². The first-order valence-corrected chi connectivity index (χ1v) is 12.4. The van der Waals surface area contributed by atoms with Gasteiger partial charge in [-0.2, -0.15) is 4.31 Å². The molecule has 1 atom stereocenters. The van der Waals surface area contributed by atoms with Crippen molar-refractivity contribution in [3.05, 3.63) is 58.6 Å². The number of hydrogen-bond acceptors (Lipinski definition) is 4. The van der Waals surface area contributed by atoms with E-state index in [0.29, 0.717) is 18.8 Å². The SMILES string of the molecule is C[C@H](NC(=O)COc1ccc(S(=O)(=O)N2CCCCCC2)cc1)c1cccc(Br)c1. The van der Waals surface area contributed by atoms with E-state index in [2.05, 4.69) is 21.2 Å². The highest BCUT2D eigenvalue weighted by atomic mass is 79.9. The molecule has 1 N–H and O–H groups in total. The van der Waals surface area contributed by atoms with Crippen molar-refractivity contribution in [3.8, 4) is 5.75 Å². The Labute approximate surface area is 186 Å². The van der Waals surface area contributed by atoms with Crippen molar-refractivity contribution < 1.29 is 17.9 Å². The fourth-order valence-electron chi connectivity index (χ4n) is 3.43. The molecule has 0 radical (unpaired) electrons. The number of sulfonamides is 1. The molecule has 1 heterocycles. The molecule has 2 aromatic carbocycles. The molecule has 162 valence electrons. The second-order valence-electron chi connectivity index (χ2n) is 7.42. The summed E-state index contributed by atoms with van der Waals surface area (Å²) in [5, 5.41) is 2.89. The molecule has 0 aromatic heterocycles. The fourth-order valence-corrected chi connectivity index (χ4v) is 5.36. The van der Waals surface area contributed by atoms with Gasteiger partial charge in [0.2, 0.25) is 10.0 Å². The van der Waals surface area contributed by atoms with Crippen molar-refractivity contribution in [1.29, 1.82) is 0 Å². The lowest BCUT2D eigenvalue weighted by atomic mass is 10.1. The van der Waals surface area contributed by atoms with E-state index >= 15 is 0 Å². The van der Waals surface area contributed by atoms with E-state index in [0.717, 1.165) is 35.7 Å². The Morgan fingerprint density at radius 2 is 1.77 bits per heavy atom. The molecule has 8 heteroatoms. The minimum atomic E-state index is -3.49. The Balaban J connectivity index is 1.54. The standard InChI is InChI=1S/C22H27BrN2O4S/c1-17(18-7-6-8-19(23)15-18)24-22(26)16-29-20-9-11-21(12-10-20)30(27,28)25-13-4-2-3-5-14-25/h6-12,15,17H,2-5,13-14,16H2,1H3,(H,24,26)/t17-/m0/s1. The Morgan fingerprint density at radius 1 is 1.10 bits per heavy atom.